The quantitative estimate of drug-likeness (QED) is 0.760. The Hall–Kier alpha value is -1.02. The van der Waals surface area contributed by atoms with Crippen LogP contribution in [0.25, 0.3) is 0 Å². The fourth-order valence-corrected chi connectivity index (χ4v) is 1.69. The minimum Gasteiger partial charge on any atom is -0.375 e. The van der Waals surface area contributed by atoms with Gasteiger partial charge in [0, 0.05) is 25.3 Å². The highest BCUT2D eigenvalue weighted by Gasteiger charge is 2.03. The Morgan fingerprint density at radius 2 is 1.94 bits per heavy atom. The number of hydrogen-bond donors (Lipinski definition) is 1. The first-order valence-corrected chi connectivity index (χ1v) is 6.23. The second-order valence-corrected chi connectivity index (χ2v) is 4.40. The molecule has 0 saturated heterocycles. The molecule has 0 aliphatic rings. The molecule has 0 fully saturated rings. The molecule has 2 nitrogen and oxygen atoms in total. The zero-order valence-electron chi connectivity index (χ0n) is 10.7. The molecule has 90 valence electrons. The molecule has 1 aromatic rings. The Morgan fingerprint density at radius 1 is 1.25 bits per heavy atom. The van der Waals surface area contributed by atoms with Crippen molar-refractivity contribution in [2.45, 2.75) is 32.7 Å². The average molecular weight is 220 g/mol. The molecule has 1 aromatic carbocycles. The summed E-state index contributed by atoms with van der Waals surface area (Å²) in [5, 5.41) is 3.51. The highest BCUT2D eigenvalue weighted by Crippen LogP contribution is 2.11. The molecule has 0 spiro atoms. The molecule has 0 heterocycles. The van der Waals surface area contributed by atoms with E-state index in [-0.39, 0.29) is 0 Å². The SMILES string of the molecule is CCCNC(C)CCN(C)c1ccccc1. The highest BCUT2D eigenvalue weighted by atomic mass is 15.1. The van der Waals surface area contributed by atoms with Gasteiger partial charge in [0.1, 0.15) is 0 Å². The molecule has 1 rings (SSSR count). The maximum atomic E-state index is 3.51. The van der Waals surface area contributed by atoms with E-state index in [1.54, 1.807) is 0 Å². The molecule has 1 atom stereocenters. The van der Waals surface area contributed by atoms with E-state index in [1.165, 1.54) is 18.5 Å². The Bertz CT molecular complexity index is 271. The van der Waals surface area contributed by atoms with Crippen molar-refractivity contribution >= 4 is 5.69 Å². The van der Waals surface area contributed by atoms with Crippen LogP contribution in [-0.4, -0.2) is 26.2 Å². The van der Waals surface area contributed by atoms with Crippen LogP contribution < -0.4 is 10.2 Å². The summed E-state index contributed by atoms with van der Waals surface area (Å²) in [6.45, 7) is 6.68. The smallest absolute Gasteiger partial charge is 0.0363 e. The summed E-state index contributed by atoms with van der Waals surface area (Å²) < 4.78 is 0. The van der Waals surface area contributed by atoms with Gasteiger partial charge in [-0.25, -0.2) is 0 Å². The third-order valence-corrected chi connectivity index (χ3v) is 2.84. The maximum Gasteiger partial charge on any atom is 0.0363 e. The van der Waals surface area contributed by atoms with Gasteiger partial charge in [-0.15, -0.1) is 0 Å². The van der Waals surface area contributed by atoms with Crippen molar-refractivity contribution in [3.63, 3.8) is 0 Å². The predicted molar refractivity (Wildman–Crippen MR) is 72.1 cm³/mol. The molecular weight excluding hydrogens is 196 g/mol. The van der Waals surface area contributed by atoms with E-state index in [9.17, 15) is 0 Å². The monoisotopic (exact) mass is 220 g/mol. The molecule has 1 unspecified atom stereocenters. The summed E-state index contributed by atoms with van der Waals surface area (Å²) >= 11 is 0. The van der Waals surface area contributed by atoms with Gasteiger partial charge in [-0.2, -0.15) is 0 Å². The largest absolute Gasteiger partial charge is 0.375 e. The Labute approximate surface area is 99.7 Å². The van der Waals surface area contributed by atoms with Crippen molar-refractivity contribution in [3.05, 3.63) is 30.3 Å². The minimum absolute atomic E-state index is 0.603. The summed E-state index contributed by atoms with van der Waals surface area (Å²) in [6, 6.07) is 11.2. The summed E-state index contributed by atoms with van der Waals surface area (Å²) in [4.78, 5) is 2.31. The van der Waals surface area contributed by atoms with E-state index < -0.39 is 0 Å². The van der Waals surface area contributed by atoms with Gasteiger partial charge in [0.25, 0.3) is 0 Å². The minimum atomic E-state index is 0.603. The Balaban J connectivity index is 2.27. The molecule has 0 aliphatic carbocycles. The lowest BCUT2D eigenvalue weighted by Crippen LogP contribution is -2.31. The van der Waals surface area contributed by atoms with Crippen molar-refractivity contribution in [1.29, 1.82) is 0 Å². The van der Waals surface area contributed by atoms with Gasteiger partial charge in [-0.3, -0.25) is 0 Å². The highest BCUT2D eigenvalue weighted by molar-refractivity contribution is 5.44. The average Bonchev–Trinajstić information content (AvgIpc) is 2.34. The van der Waals surface area contributed by atoms with Crippen molar-refractivity contribution in [1.82, 2.24) is 5.32 Å². The number of benzene rings is 1. The normalized spacial score (nSPS) is 12.4. The zero-order chi connectivity index (χ0) is 11.8. The van der Waals surface area contributed by atoms with E-state index in [0.29, 0.717) is 6.04 Å². The van der Waals surface area contributed by atoms with Crippen molar-refractivity contribution in [2.24, 2.45) is 0 Å². The second kappa shape index (κ2) is 7.29. The van der Waals surface area contributed by atoms with Crippen LogP contribution in [0.3, 0.4) is 0 Å². The van der Waals surface area contributed by atoms with Crippen LogP contribution in [0.4, 0.5) is 5.69 Å². The summed E-state index contributed by atoms with van der Waals surface area (Å²) in [5.74, 6) is 0. The number of rotatable bonds is 7. The van der Waals surface area contributed by atoms with Crippen LogP contribution in [0.15, 0.2) is 30.3 Å². The molecule has 0 aliphatic heterocycles. The summed E-state index contributed by atoms with van der Waals surface area (Å²) in [6.07, 6.45) is 2.39. The van der Waals surface area contributed by atoms with Gasteiger partial charge in [0.05, 0.1) is 0 Å². The van der Waals surface area contributed by atoms with Gasteiger partial charge in [-0.1, -0.05) is 25.1 Å². The van der Waals surface area contributed by atoms with Gasteiger partial charge < -0.3 is 10.2 Å². The van der Waals surface area contributed by atoms with Crippen molar-refractivity contribution in [2.75, 3.05) is 25.0 Å². The lowest BCUT2D eigenvalue weighted by Gasteiger charge is -2.22. The molecule has 1 N–H and O–H groups in total. The fraction of sp³-hybridized carbons (Fsp3) is 0.571. The van der Waals surface area contributed by atoms with Crippen LogP contribution in [-0.2, 0) is 0 Å². The summed E-state index contributed by atoms with van der Waals surface area (Å²) in [7, 11) is 2.15. The van der Waals surface area contributed by atoms with Gasteiger partial charge in [0.15, 0.2) is 0 Å². The predicted octanol–water partition coefficient (Wildman–Crippen LogP) is 2.90. The van der Waals surface area contributed by atoms with Gasteiger partial charge >= 0.3 is 0 Å². The molecule has 0 saturated carbocycles. The second-order valence-electron chi connectivity index (χ2n) is 4.40. The molecular formula is C14H24N2. The van der Waals surface area contributed by atoms with Gasteiger partial charge in [-0.05, 0) is 38.4 Å². The van der Waals surface area contributed by atoms with E-state index >= 15 is 0 Å². The molecule has 0 radical (unpaired) electrons. The van der Waals surface area contributed by atoms with E-state index in [0.717, 1.165) is 13.1 Å². The van der Waals surface area contributed by atoms with Crippen LogP contribution in [0.2, 0.25) is 0 Å². The van der Waals surface area contributed by atoms with Gasteiger partial charge in [0.2, 0.25) is 0 Å². The summed E-state index contributed by atoms with van der Waals surface area (Å²) in [5.41, 5.74) is 1.30. The lowest BCUT2D eigenvalue weighted by molar-refractivity contribution is 0.515. The number of anilines is 1. The maximum absolute atomic E-state index is 3.51. The standard InChI is InChI=1S/C14H24N2/c1-4-11-15-13(2)10-12-16(3)14-8-6-5-7-9-14/h5-9,13,15H,4,10-12H2,1-3H3. The van der Waals surface area contributed by atoms with E-state index in [4.69, 9.17) is 0 Å². The molecule has 0 amide bonds. The van der Waals surface area contributed by atoms with Crippen molar-refractivity contribution in [3.8, 4) is 0 Å². The van der Waals surface area contributed by atoms with Crippen molar-refractivity contribution < 1.29 is 0 Å². The molecule has 16 heavy (non-hydrogen) atoms. The molecule has 2 heteroatoms. The first-order chi connectivity index (χ1) is 7.74. The zero-order valence-corrected chi connectivity index (χ0v) is 10.7. The van der Waals surface area contributed by atoms with Crippen LogP contribution in [0.1, 0.15) is 26.7 Å². The van der Waals surface area contributed by atoms with Crippen LogP contribution >= 0.6 is 0 Å². The fourth-order valence-electron chi connectivity index (χ4n) is 1.69. The Morgan fingerprint density at radius 3 is 2.56 bits per heavy atom. The molecule has 0 bridgehead atoms. The topological polar surface area (TPSA) is 15.3 Å². The first-order valence-electron chi connectivity index (χ1n) is 6.23. The lowest BCUT2D eigenvalue weighted by atomic mass is 10.2. The number of nitrogens with zero attached hydrogens (tertiary/aromatic N) is 1. The first kappa shape index (κ1) is 13.0. The number of para-hydroxylation sites is 1. The van der Waals surface area contributed by atoms with Crippen LogP contribution in [0.5, 0.6) is 0 Å². The van der Waals surface area contributed by atoms with Crippen LogP contribution in [0, 0.1) is 0 Å². The third kappa shape index (κ3) is 4.67. The number of nitrogens with one attached hydrogen (secondary N) is 1. The third-order valence-electron chi connectivity index (χ3n) is 2.84. The number of hydrogen-bond acceptors (Lipinski definition) is 2. The molecule has 0 aromatic heterocycles. The van der Waals surface area contributed by atoms with E-state index in [2.05, 4.69) is 61.4 Å². The van der Waals surface area contributed by atoms with E-state index in [1.807, 2.05) is 0 Å². The Kier molecular flexibility index (Phi) is 5.94.